The molecule has 4 aliphatic heterocycles. The average molecular weight is 948 g/mol. The number of rotatable bonds is 20. The predicted octanol–water partition coefficient (Wildman–Crippen LogP) is 8.66. The van der Waals surface area contributed by atoms with Gasteiger partial charge in [0.1, 0.15) is 22.6 Å². The number of methoxy groups -OCH3 is 2. The Kier molecular flexibility index (Phi) is 21.9. The van der Waals surface area contributed by atoms with Gasteiger partial charge in [-0.05, 0) is 134 Å². The molecule has 0 spiro atoms. The monoisotopic (exact) mass is 947 g/mol. The summed E-state index contributed by atoms with van der Waals surface area (Å²) < 4.78 is 33.2. The van der Waals surface area contributed by atoms with E-state index in [0.29, 0.717) is 64.8 Å². The molecule has 0 bridgehead atoms. The summed E-state index contributed by atoms with van der Waals surface area (Å²) in [4.78, 5) is 22.2. The highest BCUT2D eigenvalue weighted by molar-refractivity contribution is 6.29. The number of nitrogens with one attached hydrogen (secondary N) is 3. The van der Waals surface area contributed by atoms with Gasteiger partial charge < -0.3 is 59.9 Å². The number of nitrogens with zero attached hydrogens (tertiary/aromatic N) is 6. The van der Waals surface area contributed by atoms with Crippen LogP contribution in [0.15, 0.2) is 48.8 Å². The normalized spacial score (nSPS) is 16.9. The number of anilines is 5. The van der Waals surface area contributed by atoms with E-state index in [2.05, 4.69) is 51.8 Å². The number of nitrogen functional groups attached to an aromatic ring is 1. The van der Waals surface area contributed by atoms with E-state index < -0.39 is 0 Å². The molecule has 4 aromatic rings. The Morgan fingerprint density at radius 3 is 1.64 bits per heavy atom. The first-order valence-electron chi connectivity index (χ1n) is 24.3. The fraction of sp³-hybridized carbons (Fsp3) is 0.600. The lowest BCUT2D eigenvalue weighted by Gasteiger charge is -2.23. The first-order valence-corrected chi connectivity index (χ1v) is 24.7. The van der Waals surface area contributed by atoms with Gasteiger partial charge in [0.25, 0.3) is 0 Å². The number of ether oxygens (including phenoxy) is 6. The summed E-state index contributed by atoms with van der Waals surface area (Å²) in [5.41, 5.74) is 9.64. The number of pyridine rings is 4. The highest BCUT2D eigenvalue weighted by Crippen LogP contribution is 2.31. The summed E-state index contributed by atoms with van der Waals surface area (Å²) in [6.07, 6.45) is 15.1. The van der Waals surface area contributed by atoms with Crippen molar-refractivity contribution in [2.24, 2.45) is 11.8 Å². The Bertz CT molecular complexity index is 2020. The van der Waals surface area contributed by atoms with Crippen molar-refractivity contribution in [3.05, 3.63) is 65.3 Å². The molecule has 0 atom stereocenters. The van der Waals surface area contributed by atoms with Gasteiger partial charge >= 0.3 is 0 Å². The van der Waals surface area contributed by atoms with Gasteiger partial charge in [-0.3, -0.25) is 0 Å². The van der Waals surface area contributed by atoms with E-state index in [-0.39, 0.29) is 0 Å². The number of likely N-dealkylation sites (tertiary alicyclic amines) is 2. The van der Waals surface area contributed by atoms with Gasteiger partial charge in [-0.15, -0.1) is 0 Å². The van der Waals surface area contributed by atoms with Crippen molar-refractivity contribution < 1.29 is 28.4 Å². The number of aryl methyl sites for hydroxylation is 2. The van der Waals surface area contributed by atoms with E-state index in [1.165, 1.54) is 51.9 Å². The van der Waals surface area contributed by atoms with E-state index in [0.717, 1.165) is 120 Å². The second-order valence-corrected chi connectivity index (χ2v) is 18.1. The highest BCUT2D eigenvalue weighted by Gasteiger charge is 2.17. The number of hydrogen-bond acceptors (Lipinski definition) is 16. The summed E-state index contributed by atoms with van der Waals surface area (Å²) in [7, 11) is 3.24. The van der Waals surface area contributed by atoms with Crippen molar-refractivity contribution in [1.29, 1.82) is 0 Å². The summed E-state index contributed by atoms with van der Waals surface area (Å²) >= 11 is 5.90. The van der Waals surface area contributed by atoms with Crippen LogP contribution in [-0.4, -0.2) is 136 Å². The van der Waals surface area contributed by atoms with Crippen LogP contribution in [0, 0.1) is 25.7 Å². The predicted molar refractivity (Wildman–Crippen MR) is 268 cm³/mol. The van der Waals surface area contributed by atoms with E-state index in [4.69, 9.17) is 45.8 Å². The number of aromatic nitrogens is 4. The lowest BCUT2D eigenvalue weighted by Crippen LogP contribution is -2.22. The van der Waals surface area contributed by atoms with Crippen molar-refractivity contribution in [3.8, 4) is 23.0 Å². The third-order valence-electron chi connectivity index (χ3n) is 12.3. The smallest absolute Gasteiger partial charge is 0.179 e. The van der Waals surface area contributed by atoms with Crippen LogP contribution in [0.25, 0.3) is 0 Å². The van der Waals surface area contributed by atoms with Crippen LogP contribution in [0.5, 0.6) is 23.0 Å². The molecule has 0 radical (unpaired) electrons. The lowest BCUT2D eigenvalue weighted by molar-refractivity contribution is 0.0698. The standard InChI is InChI=1S/C25H37N5O3.C13H21N3O2.C12H17ClN2O/c1-19-14-21(26-17-20-6-12-32-13-7-20)15-25(28-19)29-24-16-22(23(31-2)18-27-24)33-11-5-10-30-8-3-4-9-30;1-17-12-10-15-13(14)9-11(12)18-8-4-7-16-5-2-3-6-16;1-9-6-11(7-12(13)15-9)14-8-10-2-4-16-5-3-10/h14-16,18,20H,3-13,17H2,1-2H3,(H2,26,27,28,29);9-10H,2-8H2,1H3,(H2,14,15);6-7,10H,2-5,8H2,1H3,(H,14,15). The third-order valence-corrected chi connectivity index (χ3v) is 12.5. The topological polar surface area (TPSA) is 176 Å². The first-order chi connectivity index (χ1) is 32.7. The molecular weight excluding hydrogens is 872 g/mol. The molecular formula is C50H75ClN10O6. The maximum absolute atomic E-state index is 6.04. The van der Waals surface area contributed by atoms with Gasteiger partial charge in [0.15, 0.2) is 23.0 Å². The Morgan fingerprint density at radius 2 is 1.12 bits per heavy atom. The molecule has 8 rings (SSSR count). The SMILES string of the molecule is COc1cnc(N)cc1OCCCN1CCCC1.COc1cnc(Nc2cc(NCC3CCOCC3)cc(C)n2)cc1OCCCN1CCCC1.Cc1cc(NCC2CCOCC2)cc(Cl)n1. The average Bonchev–Trinajstić information content (AvgIpc) is 4.07. The maximum atomic E-state index is 6.04. The Hall–Kier alpha value is -4.87. The van der Waals surface area contributed by atoms with Crippen LogP contribution in [-0.2, 0) is 9.47 Å². The van der Waals surface area contributed by atoms with E-state index in [1.807, 2.05) is 38.1 Å². The molecule has 0 unspecified atom stereocenters. The second kappa shape index (κ2) is 28.5. The number of nitrogens with two attached hydrogens (primary N) is 1. The van der Waals surface area contributed by atoms with Crippen LogP contribution in [0.2, 0.25) is 5.15 Å². The molecule has 4 fully saturated rings. The second-order valence-electron chi connectivity index (χ2n) is 17.7. The summed E-state index contributed by atoms with van der Waals surface area (Å²) in [6.45, 7) is 17.8. The Morgan fingerprint density at radius 1 is 0.627 bits per heavy atom. The van der Waals surface area contributed by atoms with Crippen molar-refractivity contribution in [2.75, 3.05) is 128 Å². The van der Waals surface area contributed by atoms with Gasteiger partial charge in [0, 0.05) is 93.6 Å². The van der Waals surface area contributed by atoms with Crippen molar-refractivity contribution in [3.63, 3.8) is 0 Å². The largest absolute Gasteiger partial charge is 0.491 e. The van der Waals surface area contributed by atoms with Crippen LogP contribution in [0.4, 0.5) is 28.8 Å². The lowest BCUT2D eigenvalue weighted by atomic mass is 10.0. The zero-order valence-electron chi connectivity index (χ0n) is 40.3. The molecule has 4 aliphatic rings. The minimum Gasteiger partial charge on any atom is -0.491 e. The summed E-state index contributed by atoms with van der Waals surface area (Å²) in [6, 6.07) is 11.6. The maximum Gasteiger partial charge on any atom is 0.179 e. The minimum absolute atomic E-state index is 0.449. The fourth-order valence-electron chi connectivity index (χ4n) is 8.54. The zero-order valence-corrected chi connectivity index (χ0v) is 41.1. The first kappa shape index (κ1) is 51.5. The number of hydrogen-bond donors (Lipinski definition) is 4. The van der Waals surface area contributed by atoms with E-state index in [1.54, 1.807) is 32.7 Å². The molecule has 8 heterocycles. The molecule has 16 nitrogen and oxygen atoms in total. The molecule has 0 aromatic carbocycles. The van der Waals surface area contributed by atoms with Gasteiger partial charge in [0.2, 0.25) is 0 Å². The quantitative estimate of drug-likeness (QED) is 0.0489. The third kappa shape index (κ3) is 18.6. The van der Waals surface area contributed by atoms with Gasteiger partial charge in [-0.2, -0.15) is 0 Å². The van der Waals surface area contributed by atoms with Crippen molar-refractivity contribution >= 4 is 40.4 Å². The molecule has 4 aromatic heterocycles. The van der Waals surface area contributed by atoms with E-state index >= 15 is 0 Å². The molecule has 0 saturated carbocycles. The van der Waals surface area contributed by atoms with Crippen LogP contribution in [0.3, 0.4) is 0 Å². The van der Waals surface area contributed by atoms with Crippen molar-refractivity contribution in [2.45, 2.75) is 78.1 Å². The van der Waals surface area contributed by atoms with Crippen molar-refractivity contribution in [1.82, 2.24) is 29.7 Å². The molecule has 0 aliphatic carbocycles. The van der Waals surface area contributed by atoms with Gasteiger partial charge in [0.05, 0.1) is 39.8 Å². The molecule has 0 amide bonds. The van der Waals surface area contributed by atoms with Crippen LogP contribution in [0.1, 0.15) is 75.6 Å². The zero-order chi connectivity index (χ0) is 47.1. The summed E-state index contributed by atoms with van der Waals surface area (Å²) in [5, 5.41) is 10.9. The Labute approximate surface area is 403 Å². The minimum atomic E-state index is 0.449. The molecule has 4 saturated heterocycles. The van der Waals surface area contributed by atoms with Crippen LogP contribution < -0.4 is 40.6 Å². The van der Waals surface area contributed by atoms with Crippen LogP contribution >= 0.6 is 11.6 Å². The fourth-order valence-corrected chi connectivity index (χ4v) is 8.79. The summed E-state index contributed by atoms with van der Waals surface area (Å²) in [5.74, 6) is 5.88. The highest BCUT2D eigenvalue weighted by atomic mass is 35.5. The molecule has 368 valence electrons. The molecule has 67 heavy (non-hydrogen) atoms. The Balaban J connectivity index is 0.000000183. The molecule has 5 N–H and O–H groups in total. The number of halogens is 1. The van der Waals surface area contributed by atoms with Gasteiger partial charge in [-0.1, -0.05) is 11.6 Å². The molecule has 17 heteroatoms. The van der Waals surface area contributed by atoms with Gasteiger partial charge in [-0.25, -0.2) is 19.9 Å². The van der Waals surface area contributed by atoms with E-state index in [9.17, 15) is 0 Å².